The van der Waals surface area contributed by atoms with Crippen molar-refractivity contribution in [2.24, 2.45) is 5.73 Å². The van der Waals surface area contributed by atoms with Gasteiger partial charge in [0.15, 0.2) is 0 Å². The minimum absolute atomic E-state index is 0.0324. The molecule has 134 valence electrons. The molecule has 0 aliphatic carbocycles. The molecule has 2 N–H and O–H groups in total. The van der Waals surface area contributed by atoms with Gasteiger partial charge in [-0.2, -0.15) is 5.26 Å². The third-order valence-electron chi connectivity index (χ3n) is 4.16. The summed E-state index contributed by atoms with van der Waals surface area (Å²) in [6.07, 6.45) is 0. The molecule has 0 saturated carbocycles. The van der Waals surface area contributed by atoms with Gasteiger partial charge in [-0.15, -0.1) is 0 Å². The molecule has 7 heteroatoms. The van der Waals surface area contributed by atoms with Crippen molar-refractivity contribution in [1.29, 1.82) is 5.26 Å². The summed E-state index contributed by atoms with van der Waals surface area (Å²) in [6, 6.07) is 10.2. The molecular formula is C18H21FN2O4. The van der Waals surface area contributed by atoms with Crippen LogP contribution in [0.1, 0.15) is 32.3 Å². The summed E-state index contributed by atoms with van der Waals surface area (Å²) < 4.78 is 32.2. The zero-order chi connectivity index (χ0) is 18.7. The predicted octanol–water partition coefficient (Wildman–Crippen LogP) is 2.52. The van der Waals surface area contributed by atoms with Gasteiger partial charge >= 0.3 is 5.97 Å². The van der Waals surface area contributed by atoms with Crippen molar-refractivity contribution in [1.82, 2.24) is 0 Å². The number of carbonyl (C=O) groups is 1. The summed E-state index contributed by atoms with van der Waals surface area (Å²) in [7, 11) is 0. The monoisotopic (exact) mass is 348 g/mol. The fourth-order valence-electron chi connectivity index (χ4n) is 3.05. The van der Waals surface area contributed by atoms with Gasteiger partial charge in [0.2, 0.25) is 5.88 Å². The fourth-order valence-corrected chi connectivity index (χ4v) is 3.05. The molecule has 0 unspecified atom stereocenters. The van der Waals surface area contributed by atoms with Crippen LogP contribution in [0.2, 0.25) is 0 Å². The molecule has 0 saturated heterocycles. The van der Waals surface area contributed by atoms with E-state index in [0.717, 1.165) is 0 Å². The van der Waals surface area contributed by atoms with E-state index >= 15 is 4.39 Å². The van der Waals surface area contributed by atoms with Gasteiger partial charge in [-0.05, 0) is 19.4 Å². The summed E-state index contributed by atoms with van der Waals surface area (Å²) in [6.45, 7) is 4.52. The zero-order valence-corrected chi connectivity index (χ0v) is 14.4. The highest BCUT2D eigenvalue weighted by molar-refractivity contribution is 5.84. The maximum Gasteiger partial charge on any atom is 0.351 e. The molecule has 1 aliphatic rings. The van der Waals surface area contributed by atoms with Crippen LogP contribution in [0.3, 0.4) is 0 Å². The lowest BCUT2D eigenvalue weighted by Gasteiger charge is -2.47. The van der Waals surface area contributed by atoms with E-state index in [-0.39, 0.29) is 24.7 Å². The standard InChI is InChI=1S/C18H21FN2O4/c1-4-23-16(22)18(19)14(12-9-7-6-8-10-12)13(11-20)15(21)25-17(18,3)24-5-2/h6-10,14H,4-5,21H2,1-3H3/t14-,17-,18+/m1/s1. The first-order chi connectivity index (χ1) is 11.9. The van der Waals surface area contributed by atoms with E-state index in [0.29, 0.717) is 5.56 Å². The lowest BCUT2D eigenvalue weighted by atomic mass is 9.72. The Morgan fingerprint density at radius 2 is 2.00 bits per heavy atom. The van der Waals surface area contributed by atoms with Crippen LogP contribution >= 0.6 is 0 Å². The molecule has 1 heterocycles. The summed E-state index contributed by atoms with van der Waals surface area (Å²) in [5.74, 6) is -4.80. The van der Waals surface area contributed by atoms with Crippen LogP contribution in [0.25, 0.3) is 0 Å². The third kappa shape index (κ3) is 2.94. The van der Waals surface area contributed by atoms with Gasteiger partial charge in [-0.1, -0.05) is 30.3 Å². The fraction of sp³-hybridized carbons (Fsp3) is 0.444. The van der Waals surface area contributed by atoms with E-state index in [1.165, 1.54) is 6.92 Å². The molecule has 2 rings (SSSR count). The SMILES string of the molecule is CCOC(=O)[C@@]1(F)[C@H](c2ccccc2)C(C#N)=C(N)O[C@@]1(C)OCC. The average Bonchev–Trinajstić information content (AvgIpc) is 2.58. The number of hydrogen-bond acceptors (Lipinski definition) is 6. The van der Waals surface area contributed by atoms with Crippen LogP contribution < -0.4 is 5.73 Å². The zero-order valence-electron chi connectivity index (χ0n) is 14.4. The average molecular weight is 348 g/mol. The molecule has 3 atom stereocenters. The highest BCUT2D eigenvalue weighted by atomic mass is 19.1. The maximum absolute atomic E-state index is 16.4. The highest BCUT2D eigenvalue weighted by Gasteiger charge is 2.68. The van der Waals surface area contributed by atoms with Gasteiger partial charge < -0.3 is 19.9 Å². The molecular weight excluding hydrogens is 327 g/mol. The first-order valence-electron chi connectivity index (χ1n) is 7.99. The number of rotatable bonds is 5. The molecule has 1 aromatic rings. The summed E-state index contributed by atoms with van der Waals surface area (Å²) in [5, 5.41) is 9.51. The van der Waals surface area contributed by atoms with Crippen molar-refractivity contribution in [3.8, 4) is 6.07 Å². The quantitative estimate of drug-likeness (QED) is 0.822. The Morgan fingerprint density at radius 1 is 1.36 bits per heavy atom. The molecule has 25 heavy (non-hydrogen) atoms. The topological polar surface area (TPSA) is 94.6 Å². The van der Waals surface area contributed by atoms with E-state index in [2.05, 4.69) is 0 Å². The number of carbonyl (C=O) groups excluding carboxylic acids is 1. The molecule has 0 aromatic heterocycles. The van der Waals surface area contributed by atoms with Gasteiger partial charge in [0.25, 0.3) is 11.5 Å². The second-order valence-corrected chi connectivity index (χ2v) is 5.65. The number of nitrogens with two attached hydrogens (primary N) is 1. The summed E-state index contributed by atoms with van der Waals surface area (Å²) in [4.78, 5) is 12.6. The van der Waals surface area contributed by atoms with Crippen LogP contribution in [0.15, 0.2) is 41.8 Å². The van der Waals surface area contributed by atoms with Gasteiger partial charge in [0.1, 0.15) is 11.6 Å². The van der Waals surface area contributed by atoms with Gasteiger partial charge in [-0.25, -0.2) is 9.18 Å². The van der Waals surface area contributed by atoms with Crippen LogP contribution in [0.5, 0.6) is 0 Å². The van der Waals surface area contributed by atoms with Crippen molar-refractivity contribution < 1.29 is 23.4 Å². The molecule has 0 spiro atoms. The highest BCUT2D eigenvalue weighted by Crippen LogP contribution is 2.51. The number of alkyl halides is 1. The largest absolute Gasteiger partial charge is 0.463 e. The number of nitrogens with zero attached hydrogens (tertiary/aromatic N) is 1. The van der Waals surface area contributed by atoms with Crippen molar-refractivity contribution in [3.05, 3.63) is 47.4 Å². The number of ether oxygens (including phenoxy) is 3. The van der Waals surface area contributed by atoms with Gasteiger partial charge in [0, 0.05) is 13.5 Å². The third-order valence-corrected chi connectivity index (χ3v) is 4.16. The van der Waals surface area contributed by atoms with E-state index in [9.17, 15) is 10.1 Å². The maximum atomic E-state index is 16.4. The summed E-state index contributed by atoms with van der Waals surface area (Å²) >= 11 is 0. The lowest BCUT2D eigenvalue weighted by Crippen LogP contribution is -2.64. The van der Waals surface area contributed by atoms with Crippen molar-refractivity contribution in [2.45, 2.75) is 38.1 Å². The normalized spacial score (nSPS) is 28.8. The molecule has 6 nitrogen and oxygen atoms in total. The van der Waals surface area contributed by atoms with Crippen molar-refractivity contribution in [2.75, 3.05) is 13.2 Å². The van der Waals surface area contributed by atoms with E-state index in [1.54, 1.807) is 44.2 Å². The van der Waals surface area contributed by atoms with Crippen LogP contribution in [0.4, 0.5) is 4.39 Å². The number of allylic oxidation sites excluding steroid dienone is 1. The Bertz CT molecular complexity index is 716. The van der Waals surface area contributed by atoms with E-state index in [1.807, 2.05) is 6.07 Å². The number of nitriles is 1. The van der Waals surface area contributed by atoms with Gasteiger partial charge in [0.05, 0.1) is 12.5 Å². The smallest absolute Gasteiger partial charge is 0.351 e. The Kier molecular flexibility index (Phi) is 5.33. The van der Waals surface area contributed by atoms with Gasteiger partial charge in [-0.3, -0.25) is 0 Å². The predicted molar refractivity (Wildman–Crippen MR) is 87.6 cm³/mol. The number of esters is 1. The molecule has 0 amide bonds. The number of benzene rings is 1. The molecule has 1 aromatic carbocycles. The Labute approximate surface area is 146 Å². The van der Waals surface area contributed by atoms with Crippen LogP contribution in [-0.4, -0.2) is 30.6 Å². The number of hydrogen-bond donors (Lipinski definition) is 1. The van der Waals surface area contributed by atoms with Crippen LogP contribution in [-0.2, 0) is 19.0 Å². The van der Waals surface area contributed by atoms with E-state index in [4.69, 9.17) is 19.9 Å². The van der Waals surface area contributed by atoms with Crippen molar-refractivity contribution in [3.63, 3.8) is 0 Å². The van der Waals surface area contributed by atoms with E-state index < -0.39 is 23.3 Å². The molecule has 0 bridgehead atoms. The second-order valence-electron chi connectivity index (χ2n) is 5.65. The van der Waals surface area contributed by atoms with Crippen LogP contribution in [0, 0.1) is 11.3 Å². The first kappa shape index (κ1) is 18.7. The second kappa shape index (κ2) is 7.11. The first-order valence-corrected chi connectivity index (χ1v) is 7.99. The lowest BCUT2D eigenvalue weighted by molar-refractivity contribution is -0.285. The Hall–Kier alpha value is -2.59. The minimum Gasteiger partial charge on any atom is -0.463 e. The Balaban J connectivity index is 2.76. The van der Waals surface area contributed by atoms with Crippen molar-refractivity contribution >= 4 is 5.97 Å². The molecule has 1 aliphatic heterocycles. The molecule has 0 radical (unpaired) electrons. The number of halogens is 1. The molecule has 0 fully saturated rings. The summed E-state index contributed by atoms with van der Waals surface area (Å²) in [5.41, 5.74) is 3.27. The minimum atomic E-state index is -2.80. The Morgan fingerprint density at radius 3 is 2.52 bits per heavy atom.